The molecule has 1 aromatic carbocycles. The maximum Gasteiger partial charge on any atom is 0.266 e. The number of nitrogen functional groups attached to an aromatic ring is 1. The number of rotatable bonds is 4. The minimum Gasteiger partial charge on any atom is -0.481 e. The highest BCUT2D eigenvalue weighted by Gasteiger charge is 2.16. The lowest BCUT2D eigenvalue weighted by Gasteiger charge is -2.14. The summed E-state index contributed by atoms with van der Waals surface area (Å²) in [6.45, 7) is 1.63. The van der Waals surface area contributed by atoms with Crippen molar-refractivity contribution in [3.05, 3.63) is 35.5 Å². The van der Waals surface area contributed by atoms with Crippen LogP contribution in [0.2, 0.25) is 5.02 Å². The van der Waals surface area contributed by atoms with Gasteiger partial charge in [-0.25, -0.2) is 0 Å². The summed E-state index contributed by atoms with van der Waals surface area (Å²) in [5.41, 5.74) is 5.96. The molecule has 0 aliphatic carbocycles. The van der Waals surface area contributed by atoms with E-state index < -0.39 is 6.10 Å². The monoisotopic (exact) mass is 280 g/mol. The Balaban J connectivity index is 1.98. The molecule has 1 amide bonds. The third-order valence-corrected chi connectivity index (χ3v) is 2.63. The number of H-pyrrole nitrogens is 1. The van der Waals surface area contributed by atoms with Crippen molar-refractivity contribution in [1.29, 1.82) is 0 Å². The third-order valence-electron chi connectivity index (χ3n) is 2.40. The molecule has 2 aromatic rings. The Morgan fingerprint density at radius 2 is 2.37 bits per heavy atom. The molecule has 1 unspecified atom stereocenters. The first kappa shape index (κ1) is 13.2. The molecule has 0 fully saturated rings. The summed E-state index contributed by atoms with van der Waals surface area (Å²) >= 11 is 5.83. The molecule has 1 aromatic heterocycles. The first-order chi connectivity index (χ1) is 9.06. The van der Waals surface area contributed by atoms with Crippen molar-refractivity contribution >= 4 is 29.0 Å². The zero-order valence-corrected chi connectivity index (χ0v) is 10.9. The second kappa shape index (κ2) is 5.62. The fourth-order valence-corrected chi connectivity index (χ4v) is 1.60. The molecule has 0 saturated heterocycles. The first-order valence-corrected chi connectivity index (χ1v) is 5.96. The molecule has 0 saturated carbocycles. The Bertz CT molecular complexity index is 585. The van der Waals surface area contributed by atoms with E-state index >= 15 is 0 Å². The summed E-state index contributed by atoms with van der Waals surface area (Å²) in [5, 5.41) is 9.42. The van der Waals surface area contributed by atoms with Gasteiger partial charge in [0.2, 0.25) is 0 Å². The highest BCUT2D eigenvalue weighted by atomic mass is 35.5. The summed E-state index contributed by atoms with van der Waals surface area (Å²) in [6, 6.07) is 6.83. The average molecular weight is 281 g/mol. The van der Waals surface area contributed by atoms with Gasteiger partial charge in [0.15, 0.2) is 11.9 Å². The van der Waals surface area contributed by atoms with Crippen molar-refractivity contribution in [3.63, 3.8) is 0 Å². The van der Waals surface area contributed by atoms with E-state index in [2.05, 4.69) is 15.5 Å². The average Bonchev–Trinajstić information content (AvgIpc) is 2.75. The number of hydrogen-bond donors (Lipinski definition) is 3. The highest BCUT2D eigenvalue weighted by molar-refractivity contribution is 6.30. The summed E-state index contributed by atoms with van der Waals surface area (Å²) in [4.78, 5) is 11.9. The van der Waals surface area contributed by atoms with Gasteiger partial charge >= 0.3 is 0 Å². The van der Waals surface area contributed by atoms with E-state index in [4.69, 9.17) is 22.1 Å². The van der Waals surface area contributed by atoms with Gasteiger partial charge in [-0.1, -0.05) is 17.7 Å². The molecule has 1 atom stereocenters. The van der Waals surface area contributed by atoms with Crippen LogP contribution in [0.15, 0.2) is 30.5 Å². The maximum absolute atomic E-state index is 11.9. The highest BCUT2D eigenvalue weighted by Crippen LogP contribution is 2.19. The van der Waals surface area contributed by atoms with Gasteiger partial charge in [0.05, 0.1) is 11.9 Å². The minimum atomic E-state index is -0.693. The second-order valence-electron chi connectivity index (χ2n) is 3.91. The van der Waals surface area contributed by atoms with Crippen LogP contribution in [0.1, 0.15) is 6.92 Å². The third kappa shape index (κ3) is 3.38. The summed E-state index contributed by atoms with van der Waals surface area (Å²) < 4.78 is 5.47. The van der Waals surface area contributed by atoms with Gasteiger partial charge in [0.25, 0.3) is 5.91 Å². The number of amides is 1. The van der Waals surface area contributed by atoms with Crippen LogP contribution in [0.25, 0.3) is 0 Å². The fraction of sp³-hybridized carbons (Fsp3) is 0.167. The molecular weight excluding hydrogens is 268 g/mol. The van der Waals surface area contributed by atoms with Crippen LogP contribution in [-0.2, 0) is 4.79 Å². The number of halogens is 1. The first-order valence-electron chi connectivity index (χ1n) is 5.58. The van der Waals surface area contributed by atoms with Crippen molar-refractivity contribution in [2.24, 2.45) is 0 Å². The standard InChI is InChI=1S/C12H13ClN4O2/c1-7(19-9-4-2-3-8(13)5-9)12(18)16-11-10(14)6-15-17-11/h2-7H,14H2,1H3,(H2,15,16,17,18). The number of benzene rings is 1. The van der Waals surface area contributed by atoms with Crippen LogP contribution in [-0.4, -0.2) is 22.2 Å². The Morgan fingerprint density at radius 1 is 1.58 bits per heavy atom. The number of aromatic amines is 1. The normalized spacial score (nSPS) is 11.9. The molecule has 2 rings (SSSR count). The zero-order chi connectivity index (χ0) is 13.8. The summed E-state index contributed by atoms with van der Waals surface area (Å²) in [6.07, 6.45) is 0.721. The van der Waals surface area contributed by atoms with Crippen LogP contribution in [0.5, 0.6) is 5.75 Å². The van der Waals surface area contributed by atoms with E-state index in [1.165, 1.54) is 6.20 Å². The molecule has 7 heteroatoms. The molecule has 1 heterocycles. The van der Waals surface area contributed by atoms with E-state index in [0.29, 0.717) is 22.3 Å². The second-order valence-corrected chi connectivity index (χ2v) is 4.34. The number of carbonyl (C=O) groups is 1. The molecule has 0 aliphatic heterocycles. The number of carbonyl (C=O) groups excluding carboxylic acids is 1. The van der Waals surface area contributed by atoms with Gasteiger partial charge in [-0.15, -0.1) is 0 Å². The number of hydrogen-bond acceptors (Lipinski definition) is 4. The molecule has 4 N–H and O–H groups in total. The lowest BCUT2D eigenvalue weighted by Crippen LogP contribution is -2.30. The van der Waals surface area contributed by atoms with Gasteiger partial charge < -0.3 is 15.8 Å². The molecule has 0 bridgehead atoms. The van der Waals surface area contributed by atoms with E-state index in [9.17, 15) is 4.79 Å². The molecule has 6 nitrogen and oxygen atoms in total. The Kier molecular flexibility index (Phi) is 3.91. The van der Waals surface area contributed by atoms with Crippen LogP contribution < -0.4 is 15.8 Å². The van der Waals surface area contributed by atoms with Gasteiger partial charge in [-0.05, 0) is 25.1 Å². The Hall–Kier alpha value is -2.21. The number of ether oxygens (including phenoxy) is 1. The van der Waals surface area contributed by atoms with Crippen LogP contribution >= 0.6 is 11.6 Å². The van der Waals surface area contributed by atoms with Gasteiger partial charge in [-0.3, -0.25) is 9.89 Å². The molecular formula is C12H13ClN4O2. The summed E-state index contributed by atoms with van der Waals surface area (Å²) in [7, 11) is 0. The maximum atomic E-state index is 11.9. The van der Waals surface area contributed by atoms with Gasteiger partial charge in [0.1, 0.15) is 5.75 Å². The van der Waals surface area contributed by atoms with Crippen LogP contribution in [0.4, 0.5) is 11.5 Å². The largest absolute Gasteiger partial charge is 0.481 e. The lowest BCUT2D eigenvalue weighted by molar-refractivity contribution is -0.122. The number of nitrogens with zero attached hydrogens (tertiary/aromatic N) is 1. The topological polar surface area (TPSA) is 93.0 Å². The van der Waals surface area contributed by atoms with Crippen LogP contribution in [0.3, 0.4) is 0 Å². The predicted molar refractivity (Wildman–Crippen MR) is 73.2 cm³/mol. The van der Waals surface area contributed by atoms with E-state index in [-0.39, 0.29) is 5.91 Å². The van der Waals surface area contributed by atoms with Crippen molar-refractivity contribution in [2.45, 2.75) is 13.0 Å². The fourth-order valence-electron chi connectivity index (χ4n) is 1.42. The summed E-state index contributed by atoms with van der Waals surface area (Å²) in [5.74, 6) is 0.537. The zero-order valence-electron chi connectivity index (χ0n) is 10.2. The van der Waals surface area contributed by atoms with E-state index in [0.717, 1.165) is 0 Å². The molecule has 0 aliphatic rings. The smallest absolute Gasteiger partial charge is 0.266 e. The van der Waals surface area contributed by atoms with Crippen LogP contribution in [0, 0.1) is 0 Å². The van der Waals surface area contributed by atoms with Crippen molar-refractivity contribution in [3.8, 4) is 5.75 Å². The van der Waals surface area contributed by atoms with E-state index in [1.54, 1.807) is 31.2 Å². The SMILES string of the molecule is CC(Oc1cccc(Cl)c1)C(=O)Nc1[nH]ncc1N. The number of nitrogens with two attached hydrogens (primary N) is 1. The van der Waals surface area contributed by atoms with Crippen molar-refractivity contribution in [1.82, 2.24) is 10.2 Å². The number of aromatic nitrogens is 2. The lowest BCUT2D eigenvalue weighted by atomic mass is 10.3. The van der Waals surface area contributed by atoms with Crippen molar-refractivity contribution < 1.29 is 9.53 Å². The number of nitrogens with one attached hydrogen (secondary N) is 2. The van der Waals surface area contributed by atoms with E-state index in [1.807, 2.05) is 0 Å². The van der Waals surface area contributed by atoms with Crippen molar-refractivity contribution in [2.75, 3.05) is 11.1 Å². The molecule has 0 radical (unpaired) electrons. The van der Waals surface area contributed by atoms with Gasteiger partial charge in [-0.2, -0.15) is 5.10 Å². The molecule has 0 spiro atoms. The van der Waals surface area contributed by atoms with Gasteiger partial charge in [0, 0.05) is 5.02 Å². The quantitative estimate of drug-likeness (QED) is 0.799. The Labute approximate surface area is 114 Å². The molecule has 100 valence electrons. The minimum absolute atomic E-state index is 0.337. The Morgan fingerprint density at radius 3 is 3.00 bits per heavy atom. The predicted octanol–water partition coefficient (Wildman–Crippen LogP) is 2.05. The number of anilines is 2. The molecule has 19 heavy (non-hydrogen) atoms.